The van der Waals surface area contributed by atoms with Crippen molar-refractivity contribution in [1.82, 2.24) is 0 Å². The van der Waals surface area contributed by atoms with E-state index in [9.17, 15) is 14.9 Å². The number of carbonyl (C=O) groups is 1. The number of benzene rings is 2. The van der Waals surface area contributed by atoms with Crippen molar-refractivity contribution in [2.24, 2.45) is 0 Å². The molecule has 6 heteroatoms. The molecule has 0 spiro atoms. The lowest BCUT2D eigenvalue weighted by molar-refractivity contribution is -0.385. The van der Waals surface area contributed by atoms with Crippen LogP contribution < -0.4 is 4.74 Å². The lowest BCUT2D eigenvalue weighted by Crippen LogP contribution is -2.06. The van der Waals surface area contributed by atoms with Crippen LogP contribution in [0.2, 0.25) is 0 Å². The molecule has 108 valence electrons. The molecule has 0 bridgehead atoms. The average molecular weight is 287 g/mol. The van der Waals surface area contributed by atoms with Crippen molar-refractivity contribution in [1.29, 1.82) is 0 Å². The van der Waals surface area contributed by atoms with Crippen molar-refractivity contribution in [3.8, 4) is 11.5 Å². The van der Waals surface area contributed by atoms with Crippen LogP contribution in [0.4, 0.5) is 5.69 Å². The van der Waals surface area contributed by atoms with Crippen LogP contribution in [0.3, 0.4) is 0 Å². The smallest absolute Gasteiger partial charge is 0.341 e. The summed E-state index contributed by atoms with van der Waals surface area (Å²) in [7, 11) is 0. The van der Waals surface area contributed by atoms with E-state index in [1.54, 1.807) is 43.3 Å². The highest BCUT2D eigenvalue weighted by Gasteiger charge is 2.18. The zero-order valence-corrected chi connectivity index (χ0v) is 11.3. The molecule has 21 heavy (non-hydrogen) atoms. The summed E-state index contributed by atoms with van der Waals surface area (Å²) in [5.74, 6) is -0.254. The summed E-state index contributed by atoms with van der Waals surface area (Å²) in [4.78, 5) is 22.3. The third-order valence-electron chi connectivity index (χ3n) is 2.66. The van der Waals surface area contributed by atoms with Crippen LogP contribution in [0.1, 0.15) is 17.3 Å². The lowest BCUT2D eigenvalue weighted by atomic mass is 10.2. The molecule has 0 aromatic heterocycles. The molecule has 0 atom stereocenters. The maximum absolute atomic E-state index is 11.8. The molecule has 0 N–H and O–H groups in total. The zero-order chi connectivity index (χ0) is 15.2. The van der Waals surface area contributed by atoms with E-state index in [4.69, 9.17) is 9.47 Å². The van der Waals surface area contributed by atoms with Gasteiger partial charge in [0, 0.05) is 6.07 Å². The monoisotopic (exact) mass is 287 g/mol. The van der Waals surface area contributed by atoms with E-state index in [1.807, 2.05) is 0 Å². The fraction of sp³-hybridized carbons (Fsp3) is 0.133. The fourth-order valence-corrected chi connectivity index (χ4v) is 1.75. The molecular formula is C15H13NO5. The van der Waals surface area contributed by atoms with Crippen LogP contribution in [0, 0.1) is 10.1 Å². The van der Waals surface area contributed by atoms with Gasteiger partial charge in [0.1, 0.15) is 11.3 Å². The SMILES string of the molecule is CCOC(=O)c1ccccc1Oc1ccccc1[N+](=O)[O-]. The molecule has 6 nitrogen and oxygen atoms in total. The van der Waals surface area contributed by atoms with Gasteiger partial charge in [-0.3, -0.25) is 10.1 Å². The van der Waals surface area contributed by atoms with Crippen molar-refractivity contribution >= 4 is 11.7 Å². The van der Waals surface area contributed by atoms with Crippen LogP contribution >= 0.6 is 0 Å². The largest absolute Gasteiger partial charge is 0.462 e. The summed E-state index contributed by atoms with van der Waals surface area (Å²) in [5.41, 5.74) is 0.0497. The minimum absolute atomic E-state index is 0.0687. The molecule has 0 saturated carbocycles. The van der Waals surface area contributed by atoms with Crippen molar-refractivity contribution < 1.29 is 19.2 Å². The molecule has 0 heterocycles. The highest BCUT2D eigenvalue weighted by Crippen LogP contribution is 2.32. The Labute approximate surface area is 121 Å². The van der Waals surface area contributed by atoms with E-state index in [1.165, 1.54) is 12.1 Å². The molecule has 2 rings (SSSR count). The fourth-order valence-electron chi connectivity index (χ4n) is 1.75. The molecule has 2 aromatic carbocycles. The topological polar surface area (TPSA) is 78.7 Å². The van der Waals surface area contributed by atoms with Gasteiger partial charge in [-0.25, -0.2) is 4.79 Å². The van der Waals surface area contributed by atoms with Gasteiger partial charge in [0.15, 0.2) is 0 Å². The summed E-state index contributed by atoms with van der Waals surface area (Å²) < 4.78 is 10.5. The predicted octanol–water partition coefficient (Wildman–Crippen LogP) is 3.56. The second kappa shape index (κ2) is 6.51. The Bertz CT molecular complexity index is 669. The molecule has 2 aromatic rings. The Kier molecular flexibility index (Phi) is 4.50. The van der Waals surface area contributed by atoms with Gasteiger partial charge in [-0.2, -0.15) is 0 Å². The lowest BCUT2D eigenvalue weighted by Gasteiger charge is -2.10. The normalized spacial score (nSPS) is 9.95. The van der Waals surface area contributed by atoms with Crippen LogP contribution in [0.5, 0.6) is 11.5 Å². The van der Waals surface area contributed by atoms with Gasteiger partial charge in [0.05, 0.1) is 11.5 Å². The first kappa shape index (κ1) is 14.5. The summed E-state index contributed by atoms with van der Waals surface area (Å²) in [6.45, 7) is 1.93. The van der Waals surface area contributed by atoms with Gasteiger partial charge in [0.25, 0.3) is 0 Å². The van der Waals surface area contributed by atoms with E-state index in [2.05, 4.69) is 0 Å². The van der Waals surface area contributed by atoms with E-state index in [0.29, 0.717) is 0 Å². The highest BCUT2D eigenvalue weighted by molar-refractivity contribution is 5.92. The molecule has 0 radical (unpaired) electrons. The first-order valence-electron chi connectivity index (χ1n) is 6.31. The number of nitro benzene ring substituents is 1. The van der Waals surface area contributed by atoms with Crippen molar-refractivity contribution in [2.45, 2.75) is 6.92 Å². The predicted molar refractivity (Wildman–Crippen MR) is 75.6 cm³/mol. The summed E-state index contributed by atoms with van der Waals surface area (Å²) in [6, 6.07) is 12.4. The second-order valence-corrected chi connectivity index (χ2v) is 4.04. The summed E-state index contributed by atoms with van der Waals surface area (Å²) in [5, 5.41) is 11.0. The number of esters is 1. The maximum atomic E-state index is 11.8. The van der Waals surface area contributed by atoms with E-state index in [0.717, 1.165) is 0 Å². The average Bonchev–Trinajstić information content (AvgIpc) is 2.48. The van der Waals surface area contributed by atoms with Gasteiger partial charge in [0.2, 0.25) is 5.75 Å². The molecule has 0 aliphatic heterocycles. The number of carbonyl (C=O) groups excluding carboxylic acids is 1. The number of ether oxygens (including phenoxy) is 2. The zero-order valence-electron chi connectivity index (χ0n) is 11.3. The number of nitrogens with zero attached hydrogens (tertiary/aromatic N) is 1. The molecule has 0 aliphatic carbocycles. The number of para-hydroxylation sites is 3. The summed E-state index contributed by atoms with van der Waals surface area (Å²) in [6.07, 6.45) is 0. The van der Waals surface area contributed by atoms with Gasteiger partial charge < -0.3 is 9.47 Å². The number of hydrogen-bond donors (Lipinski definition) is 0. The Balaban J connectivity index is 2.37. The Morgan fingerprint density at radius 3 is 2.38 bits per heavy atom. The third-order valence-corrected chi connectivity index (χ3v) is 2.66. The Morgan fingerprint density at radius 1 is 1.10 bits per heavy atom. The highest BCUT2D eigenvalue weighted by atomic mass is 16.6. The minimum Gasteiger partial charge on any atom is -0.462 e. The Morgan fingerprint density at radius 2 is 1.71 bits per heavy atom. The van der Waals surface area contributed by atoms with Gasteiger partial charge in [-0.1, -0.05) is 24.3 Å². The number of hydrogen-bond acceptors (Lipinski definition) is 5. The summed E-state index contributed by atoms with van der Waals surface area (Å²) >= 11 is 0. The standard InChI is InChI=1S/C15H13NO5/c1-2-20-15(17)11-7-3-5-9-13(11)21-14-10-6-4-8-12(14)16(18)19/h3-10H,2H2,1H3. The Hall–Kier alpha value is -2.89. The van der Waals surface area contributed by atoms with Crippen molar-refractivity contribution in [3.05, 3.63) is 64.2 Å². The number of nitro groups is 1. The molecular weight excluding hydrogens is 274 g/mol. The van der Waals surface area contributed by atoms with E-state index >= 15 is 0 Å². The molecule has 0 aliphatic rings. The minimum atomic E-state index is -0.539. The molecule has 0 fully saturated rings. The molecule has 0 amide bonds. The molecule has 0 saturated heterocycles. The van der Waals surface area contributed by atoms with E-state index < -0.39 is 10.9 Å². The number of rotatable bonds is 5. The quantitative estimate of drug-likeness (QED) is 0.477. The van der Waals surface area contributed by atoms with Crippen LogP contribution in [-0.2, 0) is 4.74 Å². The van der Waals surface area contributed by atoms with Crippen molar-refractivity contribution in [2.75, 3.05) is 6.61 Å². The third kappa shape index (κ3) is 3.36. The second-order valence-electron chi connectivity index (χ2n) is 4.04. The maximum Gasteiger partial charge on any atom is 0.341 e. The van der Waals surface area contributed by atoms with Crippen molar-refractivity contribution in [3.63, 3.8) is 0 Å². The first-order chi connectivity index (χ1) is 10.1. The van der Waals surface area contributed by atoms with Gasteiger partial charge >= 0.3 is 11.7 Å². The van der Waals surface area contributed by atoms with Gasteiger partial charge in [-0.05, 0) is 25.1 Å². The van der Waals surface area contributed by atoms with Crippen LogP contribution in [0.15, 0.2) is 48.5 Å². The van der Waals surface area contributed by atoms with Gasteiger partial charge in [-0.15, -0.1) is 0 Å². The van der Waals surface area contributed by atoms with Crippen LogP contribution in [0.25, 0.3) is 0 Å². The van der Waals surface area contributed by atoms with Crippen LogP contribution in [-0.4, -0.2) is 17.5 Å². The molecule has 0 unspecified atom stereocenters. The first-order valence-corrected chi connectivity index (χ1v) is 6.31. The van der Waals surface area contributed by atoms with E-state index in [-0.39, 0.29) is 29.4 Å².